The Labute approximate surface area is 239 Å². The van der Waals surface area contributed by atoms with Gasteiger partial charge in [-0.05, 0) is 42.8 Å². The van der Waals surface area contributed by atoms with E-state index in [0.29, 0.717) is 41.7 Å². The number of ether oxygens (including phenoxy) is 4. The average Bonchev–Trinajstić information content (AvgIpc) is 3.50. The molecule has 1 saturated heterocycles. The summed E-state index contributed by atoms with van der Waals surface area (Å²) in [5.74, 6) is -1.47. The molecule has 0 unspecified atom stereocenters. The first-order valence-electron chi connectivity index (χ1n) is 12.6. The summed E-state index contributed by atoms with van der Waals surface area (Å²) < 4.78 is 22.1. The fourth-order valence-corrected chi connectivity index (χ4v) is 5.48. The van der Waals surface area contributed by atoms with Crippen molar-refractivity contribution in [2.45, 2.75) is 13.0 Å². The van der Waals surface area contributed by atoms with Gasteiger partial charge in [0.25, 0.3) is 5.78 Å². The highest BCUT2D eigenvalue weighted by atomic mass is 32.1. The number of hydrogen-bond acceptors (Lipinski definition) is 10. The van der Waals surface area contributed by atoms with Crippen LogP contribution in [0, 0.1) is 6.92 Å². The van der Waals surface area contributed by atoms with Crippen molar-refractivity contribution in [2.24, 2.45) is 0 Å². The van der Waals surface area contributed by atoms with Crippen LogP contribution in [0.1, 0.15) is 32.5 Å². The second-order valence-corrected chi connectivity index (χ2v) is 9.98. The van der Waals surface area contributed by atoms with Gasteiger partial charge in [-0.25, -0.2) is 9.78 Å². The number of Topliss-reactive ketones (excluding diaryl/α,β-unsaturated/α-hetero) is 1. The maximum absolute atomic E-state index is 13.6. The molecule has 1 atom stereocenters. The van der Waals surface area contributed by atoms with Crippen LogP contribution in [0.2, 0.25) is 0 Å². The standard InChI is InChI=1S/C30H26N2O8S/c1-4-11-37-20-8-6-7-18(15-20)24-23(25(33)19-9-10-21-22(16-19)39-14-13-38-21)26(34)28(35)32(24)30-31-17(3)27(41-30)29(36)40-12-5-2/h4-10,15-16,24,33H,1-2,11-14H2,3H3/b25-23+/t24-/m1/s1. The van der Waals surface area contributed by atoms with Crippen LogP contribution in [0.5, 0.6) is 17.2 Å². The topological polar surface area (TPSA) is 124 Å². The van der Waals surface area contributed by atoms with E-state index in [1.807, 2.05) is 0 Å². The molecular weight excluding hydrogens is 548 g/mol. The minimum absolute atomic E-state index is 0.00303. The number of benzene rings is 2. The highest BCUT2D eigenvalue weighted by Gasteiger charge is 2.48. The van der Waals surface area contributed by atoms with Crippen molar-refractivity contribution in [3.05, 3.63) is 95.0 Å². The number of aliphatic hydroxyl groups excluding tert-OH is 1. The fraction of sp³-hybridized carbons (Fsp3) is 0.200. The second-order valence-electron chi connectivity index (χ2n) is 9.00. The van der Waals surface area contributed by atoms with Crippen LogP contribution in [-0.2, 0) is 14.3 Å². The third kappa shape index (κ3) is 5.31. The van der Waals surface area contributed by atoms with E-state index in [1.165, 1.54) is 11.0 Å². The van der Waals surface area contributed by atoms with Crippen LogP contribution in [-0.4, -0.2) is 54.2 Å². The summed E-state index contributed by atoms with van der Waals surface area (Å²) in [6.07, 6.45) is 3.03. The summed E-state index contributed by atoms with van der Waals surface area (Å²) in [5.41, 5.74) is 0.916. The molecule has 0 saturated carbocycles. The van der Waals surface area contributed by atoms with Crippen molar-refractivity contribution in [1.29, 1.82) is 0 Å². The Morgan fingerprint density at radius 2 is 1.88 bits per heavy atom. The van der Waals surface area contributed by atoms with E-state index in [0.717, 1.165) is 11.3 Å². The molecule has 1 amide bonds. The Balaban J connectivity index is 1.65. The molecular formula is C30H26N2O8S. The SMILES string of the molecule is C=CCOC(=O)c1sc(N2C(=O)C(=O)/C(=C(/O)c3ccc4c(c3)OCCO4)[C@H]2c2cccc(OCC=C)c2)nc1C. The number of aryl methyl sites for hydroxylation is 1. The van der Waals surface area contributed by atoms with Gasteiger partial charge in [-0.3, -0.25) is 14.5 Å². The number of anilines is 1. The molecule has 1 fully saturated rings. The highest BCUT2D eigenvalue weighted by molar-refractivity contribution is 7.17. The largest absolute Gasteiger partial charge is 0.507 e. The van der Waals surface area contributed by atoms with Gasteiger partial charge in [0.15, 0.2) is 16.6 Å². The zero-order chi connectivity index (χ0) is 29.1. The number of nitrogens with zero attached hydrogens (tertiary/aromatic N) is 2. The number of hydrogen-bond donors (Lipinski definition) is 1. The molecule has 41 heavy (non-hydrogen) atoms. The highest BCUT2D eigenvalue weighted by Crippen LogP contribution is 2.45. The van der Waals surface area contributed by atoms with Crippen molar-refractivity contribution >= 4 is 39.9 Å². The predicted octanol–water partition coefficient (Wildman–Crippen LogP) is 4.76. The van der Waals surface area contributed by atoms with E-state index in [4.69, 9.17) is 18.9 Å². The lowest BCUT2D eigenvalue weighted by Gasteiger charge is -2.23. The van der Waals surface area contributed by atoms with Gasteiger partial charge in [0, 0.05) is 5.56 Å². The van der Waals surface area contributed by atoms with Gasteiger partial charge < -0.3 is 24.1 Å². The number of carbonyl (C=O) groups excluding carboxylic acids is 3. The summed E-state index contributed by atoms with van der Waals surface area (Å²) in [4.78, 5) is 45.5. The van der Waals surface area contributed by atoms with Gasteiger partial charge in [0.1, 0.15) is 42.8 Å². The predicted molar refractivity (Wildman–Crippen MR) is 152 cm³/mol. The normalized spacial score (nSPS) is 17.3. The van der Waals surface area contributed by atoms with E-state index in [1.54, 1.807) is 55.5 Å². The first-order chi connectivity index (χ1) is 19.8. The van der Waals surface area contributed by atoms with Gasteiger partial charge in [-0.1, -0.05) is 48.8 Å². The van der Waals surface area contributed by atoms with Crippen LogP contribution in [0.15, 0.2) is 73.3 Å². The molecule has 0 radical (unpaired) electrons. The van der Waals surface area contributed by atoms with Crippen LogP contribution >= 0.6 is 11.3 Å². The van der Waals surface area contributed by atoms with Crippen LogP contribution in [0.25, 0.3) is 5.76 Å². The molecule has 2 aliphatic heterocycles. The molecule has 3 heterocycles. The van der Waals surface area contributed by atoms with Crippen molar-refractivity contribution < 1.29 is 38.4 Å². The van der Waals surface area contributed by atoms with E-state index < -0.39 is 29.5 Å². The molecule has 0 spiro atoms. The van der Waals surface area contributed by atoms with Crippen molar-refractivity contribution in [3.63, 3.8) is 0 Å². The van der Waals surface area contributed by atoms with Crippen molar-refractivity contribution in [3.8, 4) is 17.2 Å². The van der Waals surface area contributed by atoms with E-state index in [-0.39, 0.29) is 34.4 Å². The first kappa shape index (κ1) is 27.7. The number of rotatable bonds is 9. The molecule has 0 aliphatic carbocycles. The molecule has 210 valence electrons. The molecule has 0 bridgehead atoms. The lowest BCUT2D eigenvalue weighted by atomic mass is 9.95. The second kappa shape index (κ2) is 11.7. The maximum atomic E-state index is 13.6. The van der Waals surface area contributed by atoms with Gasteiger partial charge in [-0.15, -0.1) is 0 Å². The quantitative estimate of drug-likeness (QED) is 0.127. The monoisotopic (exact) mass is 574 g/mol. The Hall–Kier alpha value is -4.90. The number of carbonyl (C=O) groups is 3. The maximum Gasteiger partial charge on any atom is 0.350 e. The number of thiazole rings is 1. The summed E-state index contributed by atoms with van der Waals surface area (Å²) in [5, 5.41) is 11.6. The minimum atomic E-state index is -1.09. The molecule has 1 aromatic heterocycles. The van der Waals surface area contributed by atoms with Gasteiger partial charge in [0.05, 0.1) is 17.3 Å². The van der Waals surface area contributed by atoms with Crippen molar-refractivity contribution in [2.75, 3.05) is 31.3 Å². The third-order valence-electron chi connectivity index (χ3n) is 6.31. The average molecular weight is 575 g/mol. The van der Waals surface area contributed by atoms with E-state index >= 15 is 0 Å². The third-order valence-corrected chi connectivity index (χ3v) is 7.45. The van der Waals surface area contributed by atoms with E-state index in [9.17, 15) is 19.5 Å². The summed E-state index contributed by atoms with van der Waals surface area (Å²) in [7, 11) is 0. The minimum Gasteiger partial charge on any atom is -0.507 e. The Morgan fingerprint density at radius 1 is 1.12 bits per heavy atom. The molecule has 3 aromatic rings. The van der Waals surface area contributed by atoms with E-state index in [2.05, 4.69) is 18.1 Å². The number of aromatic nitrogens is 1. The van der Waals surface area contributed by atoms with Crippen LogP contribution in [0.3, 0.4) is 0 Å². The molecule has 2 aromatic carbocycles. The lowest BCUT2D eigenvalue weighted by molar-refractivity contribution is -0.132. The number of fused-ring (bicyclic) bond motifs is 1. The fourth-order valence-electron chi connectivity index (χ4n) is 4.50. The molecule has 2 aliphatic rings. The Morgan fingerprint density at radius 3 is 2.63 bits per heavy atom. The molecule has 11 heteroatoms. The smallest absolute Gasteiger partial charge is 0.350 e. The van der Waals surface area contributed by atoms with Gasteiger partial charge in [0.2, 0.25) is 0 Å². The number of amides is 1. The summed E-state index contributed by atoms with van der Waals surface area (Å²) in [6, 6.07) is 10.5. The molecule has 10 nitrogen and oxygen atoms in total. The number of esters is 1. The molecule has 1 N–H and O–H groups in total. The number of ketones is 1. The zero-order valence-corrected chi connectivity index (χ0v) is 22.9. The number of aliphatic hydroxyl groups is 1. The summed E-state index contributed by atoms with van der Waals surface area (Å²) >= 11 is 0.913. The van der Waals surface area contributed by atoms with Crippen LogP contribution < -0.4 is 19.1 Å². The molecule has 5 rings (SSSR count). The first-order valence-corrected chi connectivity index (χ1v) is 13.5. The Kier molecular flexibility index (Phi) is 7.88. The van der Waals surface area contributed by atoms with Gasteiger partial charge in [-0.2, -0.15) is 0 Å². The van der Waals surface area contributed by atoms with Crippen LogP contribution in [0.4, 0.5) is 5.13 Å². The zero-order valence-electron chi connectivity index (χ0n) is 22.1. The lowest BCUT2D eigenvalue weighted by Crippen LogP contribution is -2.29. The summed E-state index contributed by atoms with van der Waals surface area (Å²) in [6.45, 7) is 9.77. The Bertz CT molecular complexity index is 1590. The van der Waals surface area contributed by atoms with Gasteiger partial charge >= 0.3 is 11.9 Å². The van der Waals surface area contributed by atoms with Crippen molar-refractivity contribution in [1.82, 2.24) is 4.98 Å².